The van der Waals surface area contributed by atoms with E-state index in [4.69, 9.17) is 10.8 Å². The lowest BCUT2D eigenvalue weighted by molar-refractivity contribution is -0.145. The summed E-state index contributed by atoms with van der Waals surface area (Å²) in [7, 11) is 0. The van der Waals surface area contributed by atoms with Crippen LogP contribution in [0.15, 0.2) is 30.3 Å². The van der Waals surface area contributed by atoms with Crippen molar-refractivity contribution in [3.8, 4) is 0 Å². The molecule has 0 aliphatic carbocycles. The number of hydrogen-bond acceptors (Lipinski definition) is 6. The monoisotopic (exact) mass is 397 g/mol. The molecule has 9 heteroatoms. The van der Waals surface area contributed by atoms with Crippen LogP contribution in [0.5, 0.6) is 0 Å². The number of hydrogen-bond donors (Lipinski definition) is 5. The summed E-state index contributed by atoms with van der Waals surface area (Å²) in [6.45, 7) is 1.27. The number of thioether (sulfide) groups is 1. The van der Waals surface area contributed by atoms with Crippen LogP contribution < -0.4 is 16.4 Å². The van der Waals surface area contributed by atoms with Gasteiger partial charge < -0.3 is 26.6 Å². The lowest BCUT2D eigenvalue weighted by Gasteiger charge is -2.24. The number of aliphatic carboxylic acids is 1. The van der Waals surface area contributed by atoms with Crippen molar-refractivity contribution in [1.29, 1.82) is 0 Å². The molecule has 150 valence electrons. The molecule has 1 rings (SSSR count). The van der Waals surface area contributed by atoms with Crippen molar-refractivity contribution in [1.82, 2.24) is 10.6 Å². The molecule has 4 unspecified atom stereocenters. The van der Waals surface area contributed by atoms with Gasteiger partial charge in [-0.05, 0) is 30.9 Å². The molecular formula is C18H27N3O5S. The van der Waals surface area contributed by atoms with Gasteiger partial charge in [0.2, 0.25) is 11.8 Å². The SMILES string of the molecule is CSCCC(N)C(=O)NC(Cc1ccccc1)C(=O)NC(C(=O)O)C(C)O. The second-order valence-corrected chi connectivity index (χ2v) is 7.19. The highest BCUT2D eigenvalue weighted by Gasteiger charge is 2.30. The third-order valence-electron chi connectivity index (χ3n) is 3.93. The molecule has 8 nitrogen and oxygen atoms in total. The Bertz CT molecular complexity index is 627. The molecule has 0 saturated heterocycles. The fraction of sp³-hybridized carbons (Fsp3) is 0.500. The molecule has 0 fully saturated rings. The van der Waals surface area contributed by atoms with Gasteiger partial charge in [-0.25, -0.2) is 4.79 Å². The first-order chi connectivity index (χ1) is 12.8. The summed E-state index contributed by atoms with van der Waals surface area (Å²) in [5.41, 5.74) is 6.64. The Morgan fingerprint density at radius 2 is 1.78 bits per heavy atom. The van der Waals surface area contributed by atoms with Crippen LogP contribution in [-0.2, 0) is 20.8 Å². The standard InChI is InChI=1S/C18H27N3O5S/c1-11(22)15(18(25)26)21-17(24)14(10-12-6-4-3-5-7-12)20-16(23)13(19)8-9-27-2/h3-7,11,13-15,22H,8-10,19H2,1-2H3,(H,20,23)(H,21,24)(H,25,26). The molecule has 0 aliphatic heterocycles. The molecule has 0 spiro atoms. The van der Waals surface area contributed by atoms with Crippen LogP contribution in [-0.4, -0.2) is 64.2 Å². The molecule has 0 aromatic heterocycles. The minimum atomic E-state index is -1.47. The van der Waals surface area contributed by atoms with E-state index in [0.29, 0.717) is 12.2 Å². The van der Waals surface area contributed by atoms with Crippen LogP contribution >= 0.6 is 11.8 Å². The normalized spacial score (nSPS) is 15.3. The Morgan fingerprint density at radius 1 is 1.15 bits per heavy atom. The molecule has 4 atom stereocenters. The highest BCUT2D eigenvalue weighted by molar-refractivity contribution is 7.98. The second kappa shape index (κ2) is 11.6. The third kappa shape index (κ3) is 7.98. The van der Waals surface area contributed by atoms with Crippen LogP contribution in [0, 0.1) is 0 Å². The zero-order chi connectivity index (χ0) is 20.4. The first-order valence-corrected chi connectivity index (χ1v) is 9.95. The molecule has 27 heavy (non-hydrogen) atoms. The predicted octanol–water partition coefficient (Wildman–Crippen LogP) is -0.255. The Kier molecular flexibility index (Phi) is 9.84. The van der Waals surface area contributed by atoms with E-state index in [1.807, 2.05) is 12.3 Å². The van der Waals surface area contributed by atoms with Gasteiger partial charge in [-0.1, -0.05) is 30.3 Å². The smallest absolute Gasteiger partial charge is 0.328 e. The van der Waals surface area contributed by atoms with E-state index >= 15 is 0 Å². The van der Waals surface area contributed by atoms with Crippen LogP contribution in [0.4, 0.5) is 0 Å². The highest BCUT2D eigenvalue weighted by Crippen LogP contribution is 2.06. The van der Waals surface area contributed by atoms with Crippen LogP contribution in [0.2, 0.25) is 0 Å². The number of carboxylic acid groups (broad SMARTS) is 1. The van der Waals surface area contributed by atoms with Crippen molar-refractivity contribution in [3.05, 3.63) is 35.9 Å². The average Bonchev–Trinajstić information content (AvgIpc) is 2.63. The van der Waals surface area contributed by atoms with Crippen LogP contribution in [0.3, 0.4) is 0 Å². The molecule has 0 radical (unpaired) electrons. The Labute approximate surface area is 162 Å². The Balaban J connectivity index is 2.91. The van der Waals surface area contributed by atoms with Crippen molar-refractivity contribution >= 4 is 29.5 Å². The Hall–Kier alpha value is -2.10. The molecule has 1 aromatic rings. The summed E-state index contributed by atoms with van der Waals surface area (Å²) in [4.78, 5) is 36.1. The zero-order valence-corrected chi connectivity index (χ0v) is 16.2. The number of carboxylic acids is 1. The quantitative estimate of drug-likeness (QED) is 0.346. The lowest BCUT2D eigenvalue weighted by atomic mass is 10.0. The van der Waals surface area contributed by atoms with E-state index in [-0.39, 0.29) is 6.42 Å². The van der Waals surface area contributed by atoms with Crippen molar-refractivity contribution in [3.63, 3.8) is 0 Å². The van der Waals surface area contributed by atoms with Gasteiger partial charge >= 0.3 is 5.97 Å². The average molecular weight is 397 g/mol. The van der Waals surface area contributed by atoms with Crippen molar-refractivity contribution in [2.45, 2.75) is 44.0 Å². The van der Waals surface area contributed by atoms with Crippen molar-refractivity contribution in [2.24, 2.45) is 5.73 Å². The minimum absolute atomic E-state index is 0.166. The van der Waals surface area contributed by atoms with Gasteiger partial charge in [0.1, 0.15) is 6.04 Å². The molecule has 2 amide bonds. The van der Waals surface area contributed by atoms with Gasteiger partial charge in [-0.3, -0.25) is 9.59 Å². The molecule has 0 heterocycles. The number of rotatable bonds is 11. The van der Waals surface area contributed by atoms with Gasteiger partial charge in [0.15, 0.2) is 6.04 Å². The molecule has 0 bridgehead atoms. The molecule has 6 N–H and O–H groups in total. The molecular weight excluding hydrogens is 370 g/mol. The highest BCUT2D eigenvalue weighted by atomic mass is 32.2. The van der Waals surface area contributed by atoms with Crippen LogP contribution in [0.25, 0.3) is 0 Å². The van der Waals surface area contributed by atoms with Gasteiger partial charge in [-0.15, -0.1) is 0 Å². The van der Waals surface area contributed by atoms with E-state index < -0.39 is 42.0 Å². The fourth-order valence-corrected chi connectivity index (χ4v) is 2.85. The van der Waals surface area contributed by atoms with E-state index in [1.54, 1.807) is 36.0 Å². The number of carbonyl (C=O) groups is 3. The first-order valence-electron chi connectivity index (χ1n) is 8.56. The number of aliphatic hydroxyl groups is 1. The van der Waals surface area contributed by atoms with Crippen molar-refractivity contribution < 1.29 is 24.6 Å². The topological polar surface area (TPSA) is 142 Å². The zero-order valence-electron chi connectivity index (χ0n) is 15.4. The number of carbonyl (C=O) groups excluding carboxylic acids is 2. The molecule has 1 aromatic carbocycles. The minimum Gasteiger partial charge on any atom is -0.480 e. The summed E-state index contributed by atoms with van der Waals surface area (Å²) >= 11 is 1.56. The Morgan fingerprint density at radius 3 is 2.30 bits per heavy atom. The molecule has 0 aliphatic rings. The van der Waals surface area contributed by atoms with E-state index in [9.17, 15) is 19.5 Å². The summed E-state index contributed by atoms with van der Waals surface area (Å²) < 4.78 is 0. The maximum Gasteiger partial charge on any atom is 0.328 e. The van der Waals surface area contributed by atoms with Gasteiger partial charge in [0.05, 0.1) is 12.1 Å². The van der Waals surface area contributed by atoms with Gasteiger partial charge in [0.25, 0.3) is 0 Å². The summed E-state index contributed by atoms with van der Waals surface area (Å²) in [6.07, 6.45) is 1.24. The van der Waals surface area contributed by atoms with Crippen molar-refractivity contribution in [2.75, 3.05) is 12.0 Å². The molecule has 0 saturated carbocycles. The predicted molar refractivity (Wildman–Crippen MR) is 104 cm³/mol. The first kappa shape index (κ1) is 22.9. The lowest BCUT2D eigenvalue weighted by Crippen LogP contribution is -2.57. The largest absolute Gasteiger partial charge is 0.480 e. The number of benzene rings is 1. The third-order valence-corrected chi connectivity index (χ3v) is 4.58. The maximum atomic E-state index is 12.6. The van der Waals surface area contributed by atoms with E-state index in [0.717, 1.165) is 5.56 Å². The number of amides is 2. The summed E-state index contributed by atoms with van der Waals surface area (Å²) in [5.74, 6) is -1.84. The fourth-order valence-electron chi connectivity index (χ4n) is 2.36. The maximum absolute atomic E-state index is 12.6. The van der Waals surface area contributed by atoms with Crippen LogP contribution in [0.1, 0.15) is 18.9 Å². The van der Waals surface area contributed by atoms with E-state index in [1.165, 1.54) is 6.92 Å². The summed E-state index contributed by atoms with van der Waals surface area (Å²) in [6, 6.07) is 5.75. The summed E-state index contributed by atoms with van der Waals surface area (Å²) in [5, 5.41) is 23.6. The number of nitrogens with one attached hydrogen (secondary N) is 2. The van der Waals surface area contributed by atoms with E-state index in [2.05, 4.69) is 10.6 Å². The number of aliphatic hydroxyl groups excluding tert-OH is 1. The van der Waals surface area contributed by atoms with Gasteiger partial charge in [0, 0.05) is 6.42 Å². The second-order valence-electron chi connectivity index (χ2n) is 6.20. The van der Waals surface area contributed by atoms with Gasteiger partial charge in [-0.2, -0.15) is 11.8 Å². The number of nitrogens with two attached hydrogens (primary N) is 1.